The molecule has 1 amide bonds. The smallest absolute Gasteiger partial charge is 0.224 e. The standard InChI is InChI=1S/C17H28N2O/c1-11(2)6-15(10-18)9-16(20)19-17-13(4)7-12(3)8-14(17)5/h7-8,11,15H,6,9-10,18H2,1-5H3,(H,19,20)/t15-/m0/s1. The third-order valence-corrected chi connectivity index (χ3v) is 3.55. The van der Waals surface area contributed by atoms with E-state index in [1.165, 1.54) is 5.56 Å². The molecule has 3 N–H and O–H groups in total. The molecule has 1 aromatic rings. The van der Waals surface area contributed by atoms with Crippen molar-refractivity contribution in [3.8, 4) is 0 Å². The topological polar surface area (TPSA) is 55.1 Å². The van der Waals surface area contributed by atoms with Crippen LogP contribution in [-0.2, 0) is 4.79 Å². The van der Waals surface area contributed by atoms with Gasteiger partial charge in [-0.15, -0.1) is 0 Å². The van der Waals surface area contributed by atoms with Crippen molar-refractivity contribution >= 4 is 11.6 Å². The minimum Gasteiger partial charge on any atom is -0.330 e. The zero-order valence-corrected chi connectivity index (χ0v) is 13.4. The van der Waals surface area contributed by atoms with Crippen LogP contribution in [0.2, 0.25) is 0 Å². The third-order valence-electron chi connectivity index (χ3n) is 3.55. The second-order valence-electron chi connectivity index (χ2n) is 6.26. The molecule has 3 heteroatoms. The van der Waals surface area contributed by atoms with Gasteiger partial charge < -0.3 is 11.1 Å². The molecule has 0 saturated heterocycles. The van der Waals surface area contributed by atoms with Crippen molar-refractivity contribution in [2.75, 3.05) is 11.9 Å². The summed E-state index contributed by atoms with van der Waals surface area (Å²) in [6.07, 6.45) is 1.50. The lowest BCUT2D eigenvalue weighted by molar-refractivity contribution is -0.117. The third kappa shape index (κ3) is 4.97. The maximum atomic E-state index is 12.2. The van der Waals surface area contributed by atoms with E-state index in [9.17, 15) is 4.79 Å². The van der Waals surface area contributed by atoms with E-state index < -0.39 is 0 Å². The molecule has 112 valence electrons. The van der Waals surface area contributed by atoms with Crippen LogP contribution in [0.25, 0.3) is 0 Å². The van der Waals surface area contributed by atoms with Crippen LogP contribution in [0, 0.1) is 32.6 Å². The molecule has 0 spiro atoms. The molecular weight excluding hydrogens is 248 g/mol. The van der Waals surface area contributed by atoms with Gasteiger partial charge in [-0.3, -0.25) is 4.79 Å². The van der Waals surface area contributed by atoms with Crippen LogP contribution in [0.5, 0.6) is 0 Å². The Labute approximate surface area is 122 Å². The zero-order chi connectivity index (χ0) is 15.3. The maximum Gasteiger partial charge on any atom is 0.224 e. The molecule has 0 unspecified atom stereocenters. The van der Waals surface area contributed by atoms with Crippen molar-refractivity contribution in [2.24, 2.45) is 17.6 Å². The Bertz CT molecular complexity index is 443. The molecule has 0 aliphatic rings. The highest BCUT2D eigenvalue weighted by atomic mass is 16.1. The van der Waals surface area contributed by atoms with Gasteiger partial charge in [0.1, 0.15) is 0 Å². The fraction of sp³-hybridized carbons (Fsp3) is 0.588. The average molecular weight is 276 g/mol. The summed E-state index contributed by atoms with van der Waals surface area (Å²) in [5, 5.41) is 3.05. The van der Waals surface area contributed by atoms with Crippen LogP contribution in [0.1, 0.15) is 43.4 Å². The molecule has 0 saturated carbocycles. The summed E-state index contributed by atoms with van der Waals surface area (Å²) in [6, 6.07) is 4.19. The first kappa shape index (κ1) is 16.7. The van der Waals surface area contributed by atoms with E-state index in [-0.39, 0.29) is 11.8 Å². The number of rotatable bonds is 6. The first-order chi connectivity index (χ1) is 9.33. The van der Waals surface area contributed by atoms with Gasteiger partial charge in [0.25, 0.3) is 0 Å². The first-order valence-electron chi connectivity index (χ1n) is 7.41. The van der Waals surface area contributed by atoms with E-state index >= 15 is 0 Å². The number of benzene rings is 1. The molecule has 0 aliphatic carbocycles. The number of nitrogens with one attached hydrogen (secondary N) is 1. The summed E-state index contributed by atoms with van der Waals surface area (Å²) < 4.78 is 0. The first-order valence-corrected chi connectivity index (χ1v) is 7.41. The van der Waals surface area contributed by atoms with Crippen LogP contribution in [-0.4, -0.2) is 12.5 Å². The van der Waals surface area contributed by atoms with Crippen molar-refractivity contribution in [1.29, 1.82) is 0 Å². The lowest BCUT2D eigenvalue weighted by atomic mass is 9.94. The molecule has 1 rings (SSSR count). The van der Waals surface area contributed by atoms with E-state index in [0.29, 0.717) is 18.9 Å². The molecule has 1 aromatic carbocycles. The van der Waals surface area contributed by atoms with Gasteiger partial charge in [0.2, 0.25) is 5.91 Å². The van der Waals surface area contributed by atoms with Gasteiger partial charge in [-0.2, -0.15) is 0 Å². The average Bonchev–Trinajstić information content (AvgIpc) is 2.32. The van der Waals surface area contributed by atoms with E-state index in [0.717, 1.165) is 23.2 Å². The van der Waals surface area contributed by atoms with Crippen LogP contribution >= 0.6 is 0 Å². The number of carbonyl (C=O) groups is 1. The van der Waals surface area contributed by atoms with Crippen LogP contribution < -0.4 is 11.1 Å². The van der Waals surface area contributed by atoms with E-state index in [2.05, 4.69) is 38.2 Å². The Kier molecular flexibility index (Phi) is 6.21. The van der Waals surface area contributed by atoms with E-state index in [1.807, 2.05) is 13.8 Å². The molecule has 1 atom stereocenters. The molecule has 0 fully saturated rings. The van der Waals surface area contributed by atoms with Gasteiger partial charge in [-0.05, 0) is 56.7 Å². The predicted molar refractivity (Wildman–Crippen MR) is 85.9 cm³/mol. The highest BCUT2D eigenvalue weighted by molar-refractivity contribution is 5.92. The molecule has 0 aliphatic heterocycles. The van der Waals surface area contributed by atoms with E-state index in [4.69, 9.17) is 5.73 Å². The number of nitrogens with two attached hydrogens (primary N) is 1. The maximum absolute atomic E-state index is 12.2. The Morgan fingerprint density at radius 1 is 1.20 bits per heavy atom. The molecular formula is C17H28N2O. The highest BCUT2D eigenvalue weighted by Gasteiger charge is 2.15. The van der Waals surface area contributed by atoms with Gasteiger partial charge in [0.05, 0.1) is 0 Å². The number of anilines is 1. The quantitative estimate of drug-likeness (QED) is 0.834. The molecule has 20 heavy (non-hydrogen) atoms. The van der Waals surface area contributed by atoms with Gasteiger partial charge in [0.15, 0.2) is 0 Å². The lowest BCUT2D eigenvalue weighted by Crippen LogP contribution is -2.24. The van der Waals surface area contributed by atoms with E-state index in [1.54, 1.807) is 0 Å². The Morgan fingerprint density at radius 3 is 2.20 bits per heavy atom. The van der Waals surface area contributed by atoms with Crippen molar-refractivity contribution in [3.63, 3.8) is 0 Å². The summed E-state index contributed by atoms with van der Waals surface area (Å²) in [5.41, 5.74) is 10.2. The Morgan fingerprint density at radius 2 is 1.75 bits per heavy atom. The van der Waals surface area contributed by atoms with Crippen LogP contribution in [0.4, 0.5) is 5.69 Å². The summed E-state index contributed by atoms with van der Waals surface area (Å²) in [4.78, 5) is 12.2. The fourth-order valence-corrected chi connectivity index (χ4v) is 2.76. The zero-order valence-electron chi connectivity index (χ0n) is 13.4. The number of aryl methyl sites for hydroxylation is 3. The van der Waals surface area contributed by atoms with Crippen LogP contribution in [0.15, 0.2) is 12.1 Å². The number of hydrogen-bond acceptors (Lipinski definition) is 2. The molecule has 0 bridgehead atoms. The summed E-state index contributed by atoms with van der Waals surface area (Å²) in [6.45, 7) is 11.0. The summed E-state index contributed by atoms with van der Waals surface area (Å²) >= 11 is 0. The van der Waals surface area contributed by atoms with Gasteiger partial charge in [-0.1, -0.05) is 31.5 Å². The normalized spacial score (nSPS) is 12.6. The lowest BCUT2D eigenvalue weighted by Gasteiger charge is -2.18. The Balaban J connectivity index is 2.71. The summed E-state index contributed by atoms with van der Waals surface area (Å²) in [7, 11) is 0. The van der Waals surface area contributed by atoms with Gasteiger partial charge >= 0.3 is 0 Å². The molecule has 0 aromatic heterocycles. The number of amides is 1. The van der Waals surface area contributed by atoms with Crippen molar-refractivity contribution in [3.05, 3.63) is 28.8 Å². The molecule has 3 nitrogen and oxygen atoms in total. The second kappa shape index (κ2) is 7.44. The fourth-order valence-electron chi connectivity index (χ4n) is 2.76. The SMILES string of the molecule is Cc1cc(C)c(NC(=O)C[C@@H](CN)CC(C)C)c(C)c1. The monoisotopic (exact) mass is 276 g/mol. The minimum atomic E-state index is 0.0659. The molecule has 0 radical (unpaired) electrons. The second-order valence-corrected chi connectivity index (χ2v) is 6.26. The highest BCUT2D eigenvalue weighted by Crippen LogP contribution is 2.23. The Hall–Kier alpha value is -1.35. The summed E-state index contributed by atoms with van der Waals surface area (Å²) in [5.74, 6) is 0.899. The van der Waals surface area contributed by atoms with Crippen molar-refractivity contribution in [1.82, 2.24) is 0 Å². The number of hydrogen-bond donors (Lipinski definition) is 2. The number of carbonyl (C=O) groups excluding carboxylic acids is 1. The van der Waals surface area contributed by atoms with Crippen molar-refractivity contribution in [2.45, 2.75) is 47.5 Å². The molecule has 0 heterocycles. The van der Waals surface area contributed by atoms with Gasteiger partial charge in [-0.25, -0.2) is 0 Å². The van der Waals surface area contributed by atoms with Gasteiger partial charge in [0, 0.05) is 12.1 Å². The van der Waals surface area contributed by atoms with Crippen LogP contribution in [0.3, 0.4) is 0 Å². The largest absolute Gasteiger partial charge is 0.330 e. The minimum absolute atomic E-state index is 0.0659. The predicted octanol–water partition coefficient (Wildman–Crippen LogP) is 3.56. The van der Waals surface area contributed by atoms with Crippen molar-refractivity contribution < 1.29 is 4.79 Å².